The summed E-state index contributed by atoms with van der Waals surface area (Å²) in [6.45, 7) is 4.80. The monoisotopic (exact) mass is 201 g/mol. The van der Waals surface area contributed by atoms with E-state index < -0.39 is 0 Å². The summed E-state index contributed by atoms with van der Waals surface area (Å²) in [7, 11) is 0. The van der Waals surface area contributed by atoms with Gasteiger partial charge < -0.3 is 4.74 Å². The Bertz CT molecular complexity index is 390. The molecule has 0 aliphatic carbocycles. The van der Waals surface area contributed by atoms with Gasteiger partial charge in [-0.25, -0.2) is 4.99 Å². The summed E-state index contributed by atoms with van der Waals surface area (Å²) >= 11 is 0. The minimum absolute atomic E-state index is 0.0731. The zero-order chi connectivity index (χ0) is 10.7. The Kier molecular flexibility index (Phi) is 2.58. The molecule has 2 rings (SSSR count). The predicted molar refractivity (Wildman–Crippen MR) is 62.9 cm³/mol. The Labute approximate surface area is 90.3 Å². The van der Waals surface area contributed by atoms with Crippen LogP contribution >= 0.6 is 0 Å². The average Bonchev–Trinajstić information content (AvgIpc) is 2.57. The second-order valence-corrected chi connectivity index (χ2v) is 4.30. The molecule has 0 spiro atoms. The Morgan fingerprint density at radius 1 is 1.20 bits per heavy atom. The molecule has 0 unspecified atom stereocenters. The second-order valence-electron chi connectivity index (χ2n) is 4.30. The van der Waals surface area contributed by atoms with Gasteiger partial charge in [0.15, 0.2) is 0 Å². The minimum Gasteiger partial charge on any atom is -0.475 e. The normalized spacial score (nSPS) is 18.9. The van der Waals surface area contributed by atoms with Crippen LogP contribution in [0.5, 0.6) is 0 Å². The molecule has 0 bridgehead atoms. The fraction of sp³-hybridized carbons (Fsp3) is 0.308. The van der Waals surface area contributed by atoms with Crippen LogP contribution in [0.3, 0.4) is 0 Å². The Balaban J connectivity index is 2.08. The fourth-order valence-corrected chi connectivity index (χ4v) is 1.43. The molecule has 0 aromatic heterocycles. The van der Waals surface area contributed by atoms with Gasteiger partial charge in [-0.3, -0.25) is 0 Å². The highest BCUT2D eigenvalue weighted by Crippen LogP contribution is 2.17. The van der Waals surface area contributed by atoms with Crippen LogP contribution < -0.4 is 0 Å². The first-order chi connectivity index (χ1) is 7.16. The third kappa shape index (κ3) is 2.69. The zero-order valence-corrected chi connectivity index (χ0v) is 9.10. The van der Waals surface area contributed by atoms with E-state index in [0.717, 1.165) is 11.5 Å². The van der Waals surface area contributed by atoms with Crippen molar-refractivity contribution in [2.75, 3.05) is 6.61 Å². The second kappa shape index (κ2) is 3.89. The lowest BCUT2D eigenvalue weighted by Crippen LogP contribution is -2.17. The molecule has 1 aliphatic heterocycles. The maximum atomic E-state index is 5.45. The van der Waals surface area contributed by atoms with Crippen molar-refractivity contribution in [2.24, 2.45) is 4.99 Å². The van der Waals surface area contributed by atoms with Crippen LogP contribution in [0.15, 0.2) is 41.4 Å². The molecule has 0 amide bonds. The summed E-state index contributed by atoms with van der Waals surface area (Å²) < 4.78 is 5.45. The number of ether oxygens (including phenoxy) is 1. The van der Waals surface area contributed by atoms with Crippen molar-refractivity contribution in [3.63, 3.8) is 0 Å². The Morgan fingerprint density at radius 2 is 1.93 bits per heavy atom. The van der Waals surface area contributed by atoms with Gasteiger partial charge in [-0.05, 0) is 25.5 Å². The number of hydrogen-bond donors (Lipinski definition) is 0. The molecule has 0 saturated carbocycles. The van der Waals surface area contributed by atoms with Gasteiger partial charge >= 0.3 is 0 Å². The first-order valence-electron chi connectivity index (χ1n) is 5.11. The van der Waals surface area contributed by atoms with E-state index in [1.54, 1.807) is 0 Å². The van der Waals surface area contributed by atoms with Gasteiger partial charge in [-0.2, -0.15) is 0 Å². The van der Waals surface area contributed by atoms with Gasteiger partial charge in [0.1, 0.15) is 6.61 Å². The molecule has 1 aromatic carbocycles. The average molecular weight is 201 g/mol. The molecule has 1 aliphatic rings. The summed E-state index contributed by atoms with van der Waals surface area (Å²) in [5.41, 5.74) is 1.09. The number of hydrogen-bond acceptors (Lipinski definition) is 2. The molecule has 0 N–H and O–H groups in total. The molecule has 2 heteroatoms. The van der Waals surface area contributed by atoms with Crippen LogP contribution in [0.2, 0.25) is 0 Å². The van der Waals surface area contributed by atoms with E-state index in [2.05, 4.69) is 31.0 Å². The van der Waals surface area contributed by atoms with Gasteiger partial charge in [-0.15, -0.1) is 0 Å². The van der Waals surface area contributed by atoms with E-state index in [1.807, 2.05) is 30.4 Å². The number of rotatable bonds is 2. The number of aliphatic imine (C=N–C) groups is 1. The summed E-state index contributed by atoms with van der Waals surface area (Å²) in [6, 6.07) is 10.1. The van der Waals surface area contributed by atoms with Gasteiger partial charge in [0.05, 0.1) is 5.54 Å². The van der Waals surface area contributed by atoms with Crippen LogP contribution in [0, 0.1) is 0 Å². The van der Waals surface area contributed by atoms with Crippen LogP contribution in [0.4, 0.5) is 0 Å². The van der Waals surface area contributed by atoms with Crippen LogP contribution in [0.25, 0.3) is 6.08 Å². The van der Waals surface area contributed by atoms with Crippen molar-refractivity contribution in [1.29, 1.82) is 0 Å². The van der Waals surface area contributed by atoms with E-state index in [0.29, 0.717) is 6.61 Å². The predicted octanol–water partition coefficient (Wildman–Crippen LogP) is 2.91. The highest BCUT2D eigenvalue weighted by Gasteiger charge is 2.24. The highest BCUT2D eigenvalue weighted by atomic mass is 16.5. The van der Waals surface area contributed by atoms with E-state index in [-0.39, 0.29) is 5.54 Å². The largest absolute Gasteiger partial charge is 0.475 e. The maximum Gasteiger partial charge on any atom is 0.209 e. The Hall–Kier alpha value is -1.57. The highest BCUT2D eigenvalue weighted by molar-refractivity contribution is 5.93. The zero-order valence-electron chi connectivity index (χ0n) is 9.10. The number of benzene rings is 1. The lowest BCUT2D eigenvalue weighted by molar-refractivity contribution is 0.280. The van der Waals surface area contributed by atoms with Crippen molar-refractivity contribution < 1.29 is 4.74 Å². The molecule has 1 heterocycles. The maximum absolute atomic E-state index is 5.45. The van der Waals surface area contributed by atoms with Crippen molar-refractivity contribution in [3.8, 4) is 0 Å². The number of nitrogens with zero attached hydrogens (tertiary/aromatic N) is 1. The third-order valence-electron chi connectivity index (χ3n) is 2.20. The summed E-state index contributed by atoms with van der Waals surface area (Å²) in [5, 5.41) is 0. The lowest BCUT2D eigenvalue weighted by atomic mass is 10.1. The fourth-order valence-electron chi connectivity index (χ4n) is 1.43. The molecule has 78 valence electrons. The molecule has 0 radical (unpaired) electrons. The smallest absolute Gasteiger partial charge is 0.209 e. The van der Waals surface area contributed by atoms with Crippen LogP contribution in [-0.4, -0.2) is 18.0 Å². The van der Waals surface area contributed by atoms with E-state index in [1.165, 1.54) is 0 Å². The van der Waals surface area contributed by atoms with E-state index in [4.69, 9.17) is 4.74 Å². The molecule has 2 nitrogen and oxygen atoms in total. The molecule has 0 saturated heterocycles. The molecule has 15 heavy (non-hydrogen) atoms. The first kappa shape index (κ1) is 9.97. The van der Waals surface area contributed by atoms with Gasteiger partial charge in [0.2, 0.25) is 5.90 Å². The van der Waals surface area contributed by atoms with Crippen LogP contribution in [0.1, 0.15) is 19.4 Å². The molecule has 0 atom stereocenters. The molecule has 0 fully saturated rings. The topological polar surface area (TPSA) is 21.6 Å². The quantitative estimate of drug-likeness (QED) is 0.721. The van der Waals surface area contributed by atoms with Crippen molar-refractivity contribution in [3.05, 3.63) is 42.0 Å². The van der Waals surface area contributed by atoms with Crippen LogP contribution in [-0.2, 0) is 4.74 Å². The van der Waals surface area contributed by atoms with Crippen molar-refractivity contribution in [1.82, 2.24) is 0 Å². The van der Waals surface area contributed by atoms with Gasteiger partial charge in [0.25, 0.3) is 0 Å². The summed E-state index contributed by atoms with van der Waals surface area (Å²) in [4.78, 5) is 4.44. The summed E-state index contributed by atoms with van der Waals surface area (Å²) in [5.74, 6) is 0.726. The molecular formula is C13H15NO. The van der Waals surface area contributed by atoms with Crippen molar-refractivity contribution in [2.45, 2.75) is 19.4 Å². The van der Waals surface area contributed by atoms with E-state index >= 15 is 0 Å². The molecular weight excluding hydrogens is 186 g/mol. The Morgan fingerprint density at radius 3 is 2.53 bits per heavy atom. The van der Waals surface area contributed by atoms with Crippen molar-refractivity contribution >= 4 is 12.0 Å². The third-order valence-corrected chi connectivity index (χ3v) is 2.20. The SMILES string of the molecule is CC1(C)COC(/C=C/c2ccccc2)=N1. The summed E-state index contributed by atoms with van der Waals surface area (Å²) in [6.07, 6.45) is 3.93. The van der Waals surface area contributed by atoms with Gasteiger partial charge in [0, 0.05) is 6.08 Å². The minimum atomic E-state index is -0.0731. The standard InChI is InChI=1S/C13H15NO/c1-13(2)10-15-12(14-13)9-8-11-6-4-3-5-7-11/h3-9H,10H2,1-2H3/b9-8+. The first-order valence-corrected chi connectivity index (χ1v) is 5.11. The lowest BCUT2D eigenvalue weighted by Gasteiger charge is -2.07. The molecule has 1 aromatic rings. The van der Waals surface area contributed by atoms with E-state index in [9.17, 15) is 0 Å². The van der Waals surface area contributed by atoms with Gasteiger partial charge in [-0.1, -0.05) is 30.3 Å².